The Bertz CT molecular complexity index is 1390. The molecule has 0 saturated carbocycles. The SMILES string of the molecule is COc1ccccc1N=c1oc2ccc(Br)cc2cc1-c1nc2ccccc2[nH]1. The number of nitrogens with one attached hydrogen (secondary N) is 1. The maximum Gasteiger partial charge on any atom is 0.231 e. The molecule has 0 unspecified atom stereocenters. The summed E-state index contributed by atoms with van der Waals surface area (Å²) in [5.74, 6) is 1.37. The summed E-state index contributed by atoms with van der Waals surface area (Å²) in [6, 6.07) is 23.4. The molecule has 2 heterocycles. The smallest absolute Gasteiger partial charge is 0.231 e. The van der Waals surface area contributed by atoms with Crippen LogP contribution in [0, 0.1) is 0 Å². The van der Waals surface area contributed by atoms with E-state index in [1.54, 1.807) is 7.11 Å². The third-order valence-electron chi connectivity index (χ3n) is 4.66. The zero-order valence-corrected chi connectivity index (χ0v) is 17.1. The number of methoxy groups -OCH3 is 1. The predicted octanol–water partition coefficient (Wildman–Crippen LogP) is 5.98. The second-order valence-electron chi connectivity index (χ2n) is 6.53. The van der Waals surface area contributed by atoms with Crippen molar-refractivity contribution in [2.45, 2.75) is 0 Å². The van der Waals surface area contributed by atoms with Gasteiger partial charge in [0.25, 0.3) is 0 Å². The molecular formula is C23H16BrN3O2. The highest BCUT2D eigenvalue weighted by atomic mass is 79.9. The Morgan fingerprint density at radius 2 is 1.83 bits per heavy atom. The normalized spacial score (nSPS) is 12.0. The fourth-order valence-corrected chi connectivity index (χ4v) is 3.64. The largest absolute Gasteiger partial charge is 0.494 e. The van der Waals surface area contributed by atoms with Crippen molar-refractivity contribution in [1.29, 1.82) is 0 Å². The molecule has 0 fully saturated rings. The minimum absolute atomic E-state index is 0.461. The Morgan fingerprint density at radius 1 is 1.00 bits per heavy atom. The minimum atomic E-state index is 0.461. The van der Waals surface area contributed by atoms with Crippen LogP contribution in [0.5, 0.6) is 5.75 Å². The third-order valence-corrected chi connectivity index (χ3v) is 5.15. The lowest BCUT2D eigenvalue weighted by atomic mass is 10.2. The van der Waals surface area contributed by atoms with Crippen LogP contribution >= 0.6 is 15.9 Å². The topological polar surface area (TPSA) is 63.4 Å². The maximum atomic E-state index is 6.20. The summed E-state index contributed by atoms with van der Waals surface area (Å²) in [6.45, 7) is 0. The number of halogens is 1. The van der Waals surface area contributed by atoms with Crippen molar-refractivity contribution in [3.8, 4) is 17.1 Å². The van der Waals surface area contributed by atoms with Crippen molar-refractivity contribution in [2.24, 2.45) is 4.99 Å². The molecule has 0 aliphatic carbocycles. The zero-order valence-electron chi connectivity index (χ0n) is 15.5. The number of benzene rings is 3. The second kappa shape index (κ2) is 7.22. The molecule has 0 radical (unpaired) electrons. The molecule has 0 amide bonds. The van der Waals surface area contributed by atoms with E-state index in [4.69, 9.17) is 19.1 Å². The highest BCUT2D eigenvalue weighted by Crippen LogP contribution is 2.28. The highest BCUT2D eigenvalue weighted by Gasteiger charge is 2.12. The van der Waals surface area contributed by atoms with Gasteiger partial charge in [0.15, 0.2) is 0 Å². The number of imidazole rings is 1. The average molecular weight is 446 g/mol. The van der Waals surface area contributed by atoms with Gasteiger partial charge in [0.05, 0.1) is 23.7 Å². The molecule has 5 nitrogen and oxygen atoms in total. The van der Waals surface area contributed by atoms with Crippen LogP contribution < -0.4 is 10.3 Å². The van der Waals surface area contributed by atoms with Crippen LogP contribution in [0.2, 0.25) is 0 Å². The Balaban J connectivity index is 1.82. The van der Waals surface area contributed by atoms with E-state index in [-0.39, 0.29) is 0 Å². The Kier molecular flexibility index (Phi) is 4.41. The minimum Gasteiger partial charge on any atom is -0.494 e. The van der Waals surface area contributed by atoms with Gasteiger partial charge in [0.1, 0.15) is 22.8 Å². The highest BCUT2D eigenvalue weighted by molar-refractivity contribution is 9.10. The van der Waals surface area contributed by atoms with E-state index in [1.165, 1.54) is 0 Å². The number of fused-ring (bicyclic) bond motifs is 2. The van der Waals surface area contributed by atoms with E-state index < -0.39 is 0 Å². The summed E-state index contributed by atoms with van der Waals surface area (Å²) < 4.78 is 12.6. The number of aromatic amines is 1. The number of rotatable bonds is 3. The lowest BCUT2D eigenvalue weighted by Gasteiger charge is -2.05. The fraction of sp³-hybridized carbons (Fsp3) is 0.0435. The lowest BCUT2D eigenvalue weighted by molar-refractivity contribution is 0.415. The fourth-order valence-electron chi connectivity index (χ4n) is 3.27. The van der Waals surface area contributed by atoms with Crippen molar-refractivity contribution in [2.75, 3.05) is 7.11 Å². The summed E-state index contributed by atoms with van der Waals surface area (Å²) in [7, 11) is 1.63. The molecule has 0 aliphatic heterocycles. The van der Waals surface area contributed by atoms with E-state index in [0.29, 0.717) is 22.8 Å². The van der Waals surface area contributed by atoms with Gasteiger partial charge < -0.3 is 14.1 Å². The summed E-state index contributed by atoms with van der Waals surface area (Å²) in [6.07, 6.45) is 0. The average Bonchev–Trinajstić information content (AvgIpc) is 3.18. The standard InChI is InChI=1S/C23H16BrN3O2/c1-28-21-9-5-4-8-19(21)27-23-16(13-14-12-15(24)10-11-20(14)29-23)22-25-17-6-2-3-7-18(17)26-22/h2-13H,1H3,(H,25,26). The van der Waals surface area contributed by atoms with Gasteiger partial charge in [-0.05, 0) is 48.5 Å². The number of hydrogen-bond acceptors (Lipinski definition) is 4. The molecule has 1 N–H and O–H groups in total. The van der Waals surface area contributed by atoms with Crippen LogP contribution in [-0.4, -0.2) is 17.1 Å². The van der Waals surface area contributed by atoms with E-state index in [2.05, 4.69) is 20.9 Å². The third kappa shape index (κ3) is 3.32. The van der Waals surface area contributed by atoms with Gasteiger partial charge in [0.2, 0.25) is 5.55 Å². The van der Waals surface area contributed by atoms with E-state index >= 15 is 0 Å². The van der Waals surface area contributed by atoms with Crippen LogP contribution in [0.15, 0.2) is 86.7 Å². The van der Waals surface area contributed by atoms with Crippen LogP contribution in [0.4, 0.5) is 5.69 Å². The summed E-state index contributed by atoms with van der Waals surface area (Å²) >= 11 is 3.53. The molecule has 29 heavy (non-hydrogen) atoms. The zero-order chi connectivity index (χ0) is 19.8. The predicted molar refractivity (Wildman–Crippen MR) is 117 cm³/mol. The molecular weight excluding hydrogens is 430 g/mol. The second-order valence-corrected chi connectivity index (χ2v) is 7.45. The quantitative estimate of drug-likeness (QED) is 0.371. The number of hydrogen-bond donors (Lipinski definition) is 1. The Morgan fingerprint density at radius 3 is 2.69 bits per heavy atom. The number of H-pyrrole nitrogens is 1. The van der Waals surface area contributed by atoms with Gasteiger partial charge in [-0.3, -0.25) is 0 Å². The summed E-state index contributed by atoms with van der Waals surface area (Å²) in [4.78, 5) is 12.9. The monoisotopic (exact) mass is 445 g/mol. The molecule has 2 aromatic heterocycles. The first-order valence-electron chi connectivity index (χ1n) is 9.07. The van der Waals surface area contributed by atoms with Gasteiger partial charge in [0, 0.05) is 9.86 Å². The van der Waals surface area contributed by atoms with Crippen molar-refractivity contribution < 1.29 is 9.15 Å². The molecule has 5 rings (SSSR count). The molecule has 0 bridgehead atoms. The molecule has 5 aromatic rings. The first-order chi connectivity index (χ1) is 14.2. The maximum absolute atomic E-state index is 6.20. The van der Waals surface area contributed by atoms with Crippen LogP contribution in [0.3, 0.4) is 0 Å². The Hall–Kier alpha value is -3.38. The first kappa shape index (κ1) is 17.7. The van der Waals surface area contributed by atoms with Gasteiger partial charge in [-0.25, -0.2) is 9.98 Å². The van der Waals surface area contributed by atoms with E-state index in [0.717, 1.165) is 32.0 Å². The van der Waals surface area contributed by atoms with E-state index in [9.17, 15) is 0 Å². The van der Waals surface area contributed by atoms with Crippen LogP contribution in [-0.2, 0) is 0 Å². The molecule has 0 saturated heterocycles. The van der Waals surface area contributed by atoms with Gasteiger partial charge in [-0.15, -0.1) is 0 Å². The van der Waals surface area contributed by atoms with Crippen LogP contribution in [0.1, 0.15) is 0 Å². The van der Waals surface area contributed by atoms with Crippen molar-refractivity contribution in [3.05, 3.63) is 82.8 Å². The van der Waals surface area contributed by atoms with Gasteiger partial charge in [-0.1, -0.05) is 40.2 Å². The van der Waals surface area contributed by atoms with Crippen LogP contribution in [0.25, 0.3) is 33.4 Å². The first-order valence-corrected chi connectivity index (χ1v) is 9.87. The Labute approximate surface area is 174 Å². The number of ether oxygens (including phenoxy) is 1. The van der Waals surface area contributed by atoms with Gasteiger partial charge in [-0.2, -0.15) is 0 Å². The number of nitrogens with zero attached hydrogens (tertiary/aromatic N) is 2. The van der Waals surface area contributed by atoms with E-state index in [1.807, 2.05) is 72.8 Å². The molecule has 6 heteroatoms. The van der Waals surface area contributed by atoms with Crippen molar-refractivity contribution in [1.82, 2.24) is 9.97 Å². The van der Waals surface area contributed by atoms with Crippen molar-refractivity contribution >= 4 is 43.6 Å². The molecule has 142 valence electrons. The molecule has 0 aliphatic rings. The molecule has 0 atom stereocenters. The molecule has 3 aromatic carbocycles. The summed E-state index contributed by atoms with van der Waals surface area (Å²) in [5, 5.41) is 0.953. The molecule has 0 spiro atoms. The summed E-state index contributed by atoms with van der Waals surface area (Å²) in [5.41, 5.74) is 4.51. The number of para-hydroxylation sites is 4. The number of aromatic nitrogens is 2. The lowest BCUT2D eigenvalue weighted by Crippen LogP contribution is -2.06. The van der Waals surface area contributed by atoms with Gasteiger partial charge >= 0.3 is 0 Å². The van der Waals surface area contributed by atoms with Crippen molar-refractivity contribution in [3.63, 3.8) is 0 Å².